The number of hydrogen-bond donors (Lipinski definition) is 0. The summed E-state index contributed by atoms with van der Waals surface area (Å²) in [6.45, 7) is 2.28. The summed E-state index contributed by atoms with van der Waals surface area (Å²) in [5, 5.41) is 0. The molecule has 0 atom stereocenters. The average molecular weight is 787 g/mol. The topological polar surface area (TPSA) is 75.4 Å². The van der Waals surface area contributed by atoms with Gasteiger partial charge in [0.05, 0.1) is 34.3 Å². The van der Waals surface area contributed by atoms with Crippen molar-refractivity contribution in [2.45, 2.75) is 26.1 Å². The van der Waals surface area contributed by atoms with Crippen LogP contribution in [0, 0.1) is 0 Å². The molecule has 0 heterocycles. The summed E-state index contributed by atoms with van der Waals surface area (Å²) in [5.41, 5.74) is 4.33. The standard InChI is InChI=1S/C22H24B.C20H48N12P/c1-2-3-19-23(20-13-7-4-8-14-20,21-15-9-5-10-16-21)22-17-11-6-12-18-22;1-21-17(25(5)6)29(13)33(30(14)18(22-2)26(7)8,31(15)19(23-3)27(9)10)32(16)20(24-4)28(11)12/h4-18H,2-3,19H2,1H3;1-16H3/q-1;+1/b;21-17+,22-18+,23-19+,24-20+. The highest BCUT2D eigenvalue weighted by Gasteiger charge is 2.63. The fraction of sp³-hybridized carbons (Fsp3) is 0.476. The lowest BCUT2D eigenvalue weighted by atomic mass is 9.14. The third-order valence-corrected chi connectivity index (χ3v) is 14.2. The number of rotatable bonds is 10. The molecule has 0 radical (unpaired) electrons. The Morgan fingerprint density at radius 2 is 0.661 bits per heavy atom. The Hall–Kier alpha value is -4.77. The van der Waals surface area contributed by atoms with Crippen molar-refractivity contribution in [3.05, 3.63) is 91.0 Å². The van der Waals surface area contributed by atoms with Gasteiger partial charge in [-0.2, -0.15) is 41.4 Å². The number of benzene rings is 3. The van der Waals surface area contributed by atoms with E-state index in [1.165, 1.54) is 35.6 Å². The van der Waals surface area contributed by atoms with Gasteiger partial charge in [-0.1, -0.05) is 111 Å². The Bertz CT molecular complexity index is 1490. The van der Waals surface area contributed by atoms with E-state index in [0.29, 0.717) is 0 Å². The maximum Gasteiger partial charge on any atom is 0.415 e. The molecule has 14 heteroatoms. The molecule has 0 spiro atoms. The van der Waals surface area contributed by atoms with E-state index in [1.807, 2.05) is 104 Å². The first-order valence-electron chi connectivity index (χ1n) is 19.4. The van der Waals surface area contributed by atoms with Gasteiger partial charge in [-0.15, -0.1) is 0 Å². The van der Waals surface area contributed by atoms with E-state index in [-0.39, 0.29) is 0 Å². The molecule has 0 N–H and O–H groups in total. The lowest BCUT2D eigenvalue weighted by molar-refractivity contribution is 0.409. The largest absolute Gasteiger partial charge is 0.415 e. The maximum absolute atomic E-state index is 4.65. The third kappa shape index (κ3) is 10.1. The van der Waals surface area contributed by atoms with Crippen molar-refractivity contribution in [1.82, 2.24) is 38.3 Å². The van der Waals surface area contributed by atoms with Crippen LogP contribution in [0.4, 0.5) is 0 Å². The van der Waals surface area contributed by atoms with Crippen LogP contribution in [0.25, 0.3) is 0 Å². The summed E-state index contributed by atoms with van der Waals surface area (Å²) in [6.07, 6.45) is 2.73. The Labute approximate surface area is 341 Å². The van der Waals surface area contributed by atoms with Gasteiger partial charge in [0.2, 0.25) is 23.8 Å². The zero-order valence-corrected chi connectivity index (χ0v) is 38.6. The van der Waals surface area contributed by atoms with Crippen molar-refractivity contribution < 1.29 is 0 Å². The summed E-state index contributed by atoms with van der Waals surface area (Å²) in [6, 6.07) is 33.2. The van der Waals surface area contributed by atoms with Crippen molar-refractivity contribution in [2.75, 3.05) is 113 Å². The molecule has 0 aliphatic carbocycles. The first kappa shape index (κ1) is 47.4. The molecule has 0 bridgehead atoms. The van der Waals surface area contributed by atoms with E-state index in [9.17, 15) is 0 Å². The van der Waals surface area contributed by atoms with Gasteiger partial charge in [0.25, 0.3) is 0 Å². The molecule has 3 aromatic rings. The maximum atomic E-state index is 4.65. The summed E-state index contributed by atoms with van der Waals surface area (Å²) >= 11 is 0. The van der Waals surface area contributed by atoms with Gasteiger partial charge in [0.1, 0.15) is 0 Å². The van der Waals surface area contributed by atoms with Crippen LogP contribution in [0.3, 0.4) is 0 Å². The summed E-state index contributed by atoms with van der Waals surface area (Å²) in [5.74, 6) is 3.25. The minimum absolute atomic E-state index is 0.812. The predicted molar refractivity (Wildman–Crippen MR) is 250 cm³/mol. The second kappa shape index (κ2) is 22.1. The molecular formula is C42H72BN12P. The van der Waals surface area contributed by atoms with E-state index in [1.54, 1.807) is 0 Å². The molecule has 56 heavy (non-hydrogen) atoms. The fourth-order valence-corrected chi connectivity index (χ4v) is 12.6. The molecule has 3 aromatic carbocycles. The van der Waals surface area contributed by atoms with E-state index in [0.717, 1.165) is 23.8 Å². The second-order valence-electron chi connectivity index (χ2n) is 14.7. The molecule has 0 amide bonds. The Kier molecular flexibility index (Phi) is 18.7. The van der Waals surface area contributed by atoms with Crippen LogP contribution < -0.4 is 16.4 Å². The van der Waals surface area contributed by atoms with E-state index in [2.05, 4.69) is 165 Å². The SMILES string of the molecule is C/N=C(\N(C)C)N(C)[P+](N(C)/C(=N/C)N(C)C)(N(C)/C(=N/C)N(C)C)N(C)/C(=N/C)N(C)C.CCCC[B-](c1ccccc1)(c1ccccc1)c1ccccc1. The van der Waals surface area contributed by atoms with Crippen LogP contribution in [0.15, 0.2) is 111 Å². The lowest BCUT2D eigenvalue weighted by Crippen LogP contribution is -2.66. The van der Waals surface area contributed by atoms with Crippen LogP contribution in [-0.4, -0.2) is 181 Å². The Morgan fingerprint density at radius 1 is 0.429 bits per heavy atom. The quantitative estimate of drug-likeness (QED) is 0.129. The number of aliphatic imine (C=N–C) groups is 4. The molecule has 3 rings (SSSR count). The molecular weight excluding hydrogens is 714 g/mol. The molecule has 308 valence electrons. The molecule has 0 fully saturated rings. The lowest BCUT2D eigenvalue weighted by Gasteiger charge is -2.50. The van der Waals surface area contributed by atoms with Crippen LogP contribution >= 0.6 is 7.87 Å². The number of unbranched alkanes of at least 4 members (excludes halogenated alkanes) is 1. The summed E-state index contributed by atoms with van der Waals surface area (Å²) in [7, 11) is 28.7. The van der Waals surface area contributed by atoms with Gasteiger partial charge in [-0.05, 0) is 0 Å². The van der Waals surface area contributed by atoms with Crippen LogP contribution in [0.2, 0.25) is 6.32 Å². The van der Waals surface area contributed by atoms with Crippen molar-refractivity contribution >= 4 is 54.2 Å². The highest BCUT2D eigenvalue weighted by atomic mass is 31.2. The van der Waals surface area contributed by atoms with E-state index in [4.69, 9.17) is 0 Å². The fourth-order valence-electron chi connectivity index (χ4n) is 8.16. The molecule has 0 aliphatic rings. The number of guanidine groups is 4. The monoisotopic (exact) mass is 787 g/mol. The van der Waals surface area contributed by atoms with Gasteiger partial charge < -0.3 is 19.6 Å². The van der Waals surface area contributed by atoms with E-state index < -0.39 is 14.0 Å². The highest BCUT2D eigenvalue weighted by molar-refractivity contribution is 7.69. The minimum atomic E-state index is -2.72. The first-order valence-corrected chi connectivity index (χ1v) is 21.0. The van der Waals surface area contributed by atoms with Crippen molar-refractivity contribution in [2.24, 2.45) is 20.0 Å². The van der Waals surface area contributed by atoms with Crippen LogP contribution in [-0.2, 0) is 0 Å². The van der Waals surface area contributed by atoms with Gasteiger partial charge in [0.15, 0.2) is 0 Å². The van der Waals surface area contributed by atoms with Gasteiger partial charge in [-0.25, -0.2) is 0 Å². The van der Waals surface area contributed by atoms with Gasteiger partial charge in [0, 0.05) is 84.6 Å². The van der Waals surface area contributed by atoms with E-state index >= 15 is 0 Å². The van der Waals surface area contributed by atoms with Gasteiger partial charge >= 0.3 is 7.87 Å². The Morgan fingerprint density at radius 3 is 0.839 bits per heavy atom. The highest BCUT2D eigenvalue weighted by Crippen LogP contribution is 2.68. The predicted octanol–water partition coefficient (Wildman–Crippen LogP) is 4.54. The zero-order valence-electron chi connectivity index (χ0n) is 37.7. The molecule has 0 saturated carbocycles. The van der Waals surface area contributed by atoms with Crippen molar-refractivity contribution in [3.63, 3.8) is 0 Å². The minimum Gasteiger partial charge on any atom is -0.346 e. The van der Waals surface area contributed by atoms with Crippen LogP contribution in [0.1, 0.15) is 19.8 Å². The molecule has 12 nitrogen and oxygen atoms in total. The number of nitrogens with zero attached hydrogens (tertiary/aromatic N) is 12. The van der Waals surface area contributed by atoms with Gasteiger partial charge in [-0.3, -0.25) is 20.0 Å². The molecule has 0 saturated heterocycles. The second-order valence-corrected chi connectivity index (χ2v) is 18.2. The average Bonchev–Trinajstić information content (AvgIpc) is 3.17. The van der Waals surface area contributed by atoms with Crippen molar-refractivity contribution in [1.29, 1.82) is 0 Å². The summed E-state index contributed by atoms with van der Waals surface area (Å²) in [4.78, 5) is 26.6. The molecule has 0 unspecified atom stereocenters. The normalized spacial score (nSPS) is 12.7. The summed E-state index contributed by atoms with van der Waals surface area (Å²) < 4.78 is 8.85. The Balaban J connectivity index is 0.000000408. The molecule has 0 aromatic heterocycles. The van der Waals surface area contributed by atoms with Crippen molar-refractivity contribution in [3.8, 4) is 0 Å². The first-order chi connectivity index (χ1) is 26.6. The third-order valence-electron chi connectivity index (χ3n) is 10.3. The number of hydrogen-bond acceptors (Lipinski definition) is 4. The zero-order chi connectivity index (χ0) is 42.2. The molecule has 0 aliphatic heterocycles. The smallest absolute Gasteiger partial charge is 0.346 e. The van der Waals surface area contributed by atoms with Crippen LogP contribution in [0.5, 0.6) is 0 Å².